The van der Waals surface area contributed by atoms with Crippen molar-refractivity contribution in [2.75, 3.05) is 24.5 Å². The molecule has 5 nitrogen and oxygen atoms in total. The van der Waals surface area contributed by atoms with Gasteiger partial charge in [0.15, 0.2) is 0 Å². The molecule has 27 heavy (non-hydrogen) atoms. The predicted molar refractivity (Wildman–Crippen MR) is 109 cm³/mol. The topological polar surface area (TPSA) is 61.0 Å². The molecule has 0 aliphatic carbocycles. The number of halogens is 1. The minimum Gasteiger partial charge on any atom is -0.355 e. The molecule has 3 aromatic rings. The summed E-state index contributed by atoms with van der Waals surface area (Å²) in [7, 11) is 0. The molecule has 2 aromatic carbocycles. The van der Waals surface area contributed by atoms with Gasteiger partial charge in [0.1, 0.15) is 0 Å². The maximum absolute atomic E-state index is 12.6. The fourth-order valence-electron chi connectivity index (χ4n) is 3.62. The number of carbonyl (C=O) groups is 1. The molecule has 6 heteroatoms. The number of piperidine rings is 1. The molecule has 0 bridgehead atoms. The number of aromatic amines is 1. The lowest BCUT2D eigenvalue weighted by atomic mass is 9.97. The van der Waals surface area contributed by atoms with E-state index in [1.165, 1.54) is 5.56 Å². The van der Waals surface area contributed by atoms with Crippen molar-refractivity contribution in [1.29, 1.82) is 0 Å². The van der Waals surface area contributed by atoms with Crippen LogP contribution in [0.1, 0.15) is 18.4 Å². The highest BCUT2D eigenvalue weighted by molar-refractivity contribution is 6.31. The summed E-state index contributed by atoms with van der Waals surface area (Å²) in [4.78, 5) is 22.7. The second-order valence-corrected chi connectivity index (χ2v) is 7.47. The van der Waals surface area contributed by atoms with Crippen LogP contribution in [0.2, 0.25) is 5.02 Å². The Kier molecular flexibility index (Phi) is 5.30. The van der Waals surface area contributed by atoms with Gasteiger partial charge in [-0.3, -0.25) is 4.79 Å². The molecule has 1 saturated heterocycles. The van der Waals surface area contributed by atoms with Gasteiger partial charge in [-0.05, 0) is 43.0 Å². The quantitative estimate of drug-likeness (QED) is 0.705. The van der Waals surface area contributed by atoms with Crippen molar-refractivity contribution < 1.29 is 4.79 Å². The molecule has 1 aliphatic rings. The predicted octanol–water partition coefficient (Wildman–Crippen LogP) is 3.79. The number of aromatic nitrogens is 2. The van der Waals surface area contributed by atoms with Crippen LogP contribution >= 0.6 is 11.6 Å². The van der Waals surface area contributed by atoms with E-state index < -0.39 is 0 Å². The third kappa shape index (κ3) is 4.25. The molecule has 1 aliphatic heterocycles. The lowest BCUT2D eigenvalue weighted by molar-refractivity contribution is -0.125. The van der Waals surface area contributed by atoms with Crippen LogP contribution in [0.3, 0.4) is 0 Å². The average Bonchev–Trinajstić information content (AvgIpc) is 3.12. The van der Waals surface area contributed by atoms with Crippen LogP contribution in [-0.2, 0) is 11.2 Å². The molecule has 1 aromatic heterocycles. The Labute approximate surface area is 163 Å². The van der Waals surface area contributed by atoms with Crippen LogP contribution in [0, 0.1) is 5.92 Å². The zero-order chi connectivity index (χ0) is 18.6. The molecule has 2 N–H and O–H groups in total. The van der Waals surface area contributed by atoms with Gasteiger partial charge in [-0.25, -0.2) is 4.98 Å². The molecule has 0 radical (unpaired) electrons. The summed E-state index contributed by atoms with van der Waals surface area (Å²) in [5.41, 5.74) is 3.06. The molecule has 1 unspecified atom stereocenters. The zero-order valence-corrected chi connectivity index (χ0v) is 15.9. The largest absolute Gasteiger partial charge is 0.355 e. The van der Waals surface area contributed by atoms with Crippen molar-refractivity contribution in [1.82, 2.24) is 15.3 Å². The molecule has 140 valence electrons. The lowest BCUT2D eigenvalue weighted by Crippen LogP contribution is -2.43. The van der Waals surface area contributed by atoms with Crippen LogP contribution in [0.15, 0.2) is 48.5 Å². The highest BCUT2D eigenvalue weighted by Gasteiger charge is 2.27. The van der Waals surface area contributed by atoms with Gasteiger partial charge in [-0.1, -0.05) is 41.9 Å². The smallest absolute Gasteiger partial charge is 0.224 e. The summed E-state index contributed by atoms with van der Waals surface area (Å²) in [5.74, 6) is 0.940. The zero-order valence-electron chi connectivity index (χ0n) is 15.1. The Balaban J connectivity index is 1.36. The van der Waals surface area contributed by atoms with Gasteiger partial charge >= 0.3 is 0 Å². The molecule has 0 saturated carbocycles. The molecule has 1 fully saturated rings. The van der Waals surface area contributed by atoms with Crippen LogP contribution in [0.5, 0.6) is 0 Å². The SMILES string of the molecule is O=C(NCCc1ccccc1)C1CCCN(c2nc3ccc(Cl)cc3[nH]2)C1. The van der Waals surface area contributed by atoms with E-state index in [4.69, 9.17) is 11.6 Å². The van der Waals surface area contributed by atoms with E-state index in [0.29, 0.717) is 18.1 Å². The number of amides is 1. The van der Waals surface area contributed by atoms with Crippen LogP contribution in [0.4, 0.5) is 5.95 Å². The summed E-state index contributed by atoms with van der Waals surface area (Å²) in [6, 6.07) is 15.9. The number of anilines is 1. The molecule has 0 spiro atoms. The van der Waals surface area contributed by atoms with Crippen LogP contribution in [-0.4, -0.2) is 35.5 Å². The van der Waals surface area contributed by atoms with Crippen molar-refractivity contribution in [3.05, 3.63) is 59.1 Å². The number of H-pyrrole nitrogens is 1. The number of fused-ring (bicyclic) bond motifs is 1. The Bertz CT molecular complexity index is 924. The first kappa shape index (κ1) is 17.9. The Morgan fingerprint density at radius 2 is 2.11 bits per heavy atom. The van der Waals surface area contributed by atoms with E-state index in [-0.39, 0.29) is 11.8 Å². The minimum atomic E-state index is -0.00803. The summed E-state index contributed by atoms with van der Waals surface area (Å²) in [6.45, 7) is 2.26. The van der Waals surface area contributed by atoms with Gasteiger partial charge in [0, 0.05) is 24.7 Å². The van der Waals surface area contributed by atoms with Crippen molar-refractivity contribution in [2.45, 2.75) is 19.3 Å². The van der Waals surface area contributed by atoms with Crippen LogP contribution < -0.4 is 10.2 Å². The van der Waals surface area contributed by atoms with E-state index >= 15 is 0 Å². The van der Waals surface area contributed by atoms with E-state index in [1.54, 1.807) is 0 Å². The number of rotatable bonds is 5. The molecule has 4 rings (SSSR count). The minimum absolute atomic E-state index is 0.00803. The molecule has 1 atom stereocenters. The average molecular weight is 383 g/mol. The van der Waals surface area contributed by atoms with Gasteiger partial charge in [0.25, 0.3) is 0 Å². The van der Waals surface area contributed by atoms with Crippen molar-refractivity contribution >= 4 is 34.5 Å². The summed E-state index contributed by atoms with van der Waals surface area (Å²) >= 11 is 6.06. The number of imidazole rings is 1. The van der Waals surface area contributed by atoms with Gasteiger partial charge in [0.05, 0.1) is 17.0 Å². The molecule has 2 heterocycles. The third-order valence-corrected chi connectivity index (χ3v) is 5.31. The standard InChI is InChI=1S/C21H23ClN4O/c22-17-8-9-18-19(13-17)25-21(24-18)26-12-4-7-16(14-26)20(27)23-11-10-15-5-2-1-3-6-15/h1-3,5-6,8-9,13,16H,4,7,10-12,14H2,(H,23,27)(H,24,25). The first-order valence-corrected chi connectivity index (χ1v) is 9.79. The van der Waals surface area contributed by atoms with Crippen molar-refractivity contribution in [3.8, 4) is 0 Å². The number of hydrogen-bond donors (Lipinski definition) is 2. The summed E-state index contributed by atoms with van der Waals surface area (Å²) in [6.07, 6.45) is 2.75. The fourth-order valence-corrected chi connectivity index (χ4v) is 3.79. The van der Waals surface area contributed by atoms with Gasteiger partial charge in [-0.15, -0.1) is 0 Å². The Morgan fingerprint density at radius 3 is 2.96 bits per heavy atom. The second-order valence-electron chi connectivity index (χ2n) is 7.03. The highest BCUT2D eigenvalue weighted by Crippen LogP contribution is 2.25. The maximum Gasteiger partial charge on any atom is 0.224 e. The van der Waals surface area contributed by atoms with E-state index in [2.05, 4.69) is 32.3 Å². The molecule has 1 amide bonds. The van der Waals surface area contributed by atoms with Gasteiger partial charge < -0.3 is 15.2 Å². The van der Waals surface area contributed by atoms with Crippen LogP contribution in [0.25, 0.3) is 11.0 Å². The maximum atomic E-state index is 12.6. The second kappa shape index (κ2) is 8.01. The van der Waals surface area contributed by atoms with Gasteiger partial charge in [-0.2, -0.15) is 0 Å². The van der Waals surface area contributed by atoms with Crippen molar-refractivity contribution in [3.63, 3.8) is 0 Å². The first-order chi connectivity index (χ1) is 13.2. The Hall–Kier alpha value is -2.53. The highest BCUT2D eigenvalue weighted by atomic mass is 35.5. The number of carbonyl (C=O) groups excluding carboxylic acids is 1. The Morgan fingerprint density at radius 1 is 1.26 bits per heavy atom. The fraction of sp³-hybridized carbons (Fsp3) is 0.333. The first-order valence-electron chi connectivity index (χ1n) is 9.41. The van der Waals surface area contributed by atoms with E-state index in [0.717, 1.165) is 42.8 Å². The normalized spacial score (nSPS) is 17.2. The summed E-state index contributed by atoms with van der Waals surface area (Å²) < 4.78 is 0. The van der Waals surface area contributed by atoms with Crippen molar-refractivity contribution in [2.24, 2.45) is 5.92 Å². The van der Waals surface area contributed by atoms with Gasteiger partial charge in [0.2, 0.25) is 11.9 Å². The number of nitrogens with zero attached hydrogens (tertiary/aromatic N) is 2. The number of nitrogens with one attached hydrogen (secondary N) is 2. The number of benzene rings is 2. The lowest BCUT2D eigenvalue weighted by Gasteiger charge is -2.31. The number of hydrogen-bond acceptors (Lipinski definition) is 3. The third-order valence-electron chi connectivity index (χ3n) is 5.08. The molecular weight excluding hydrogens is 360 g/mol. The monoisotopic (exact) mass is 382 g/mol. The summed E-state index contributed by atoms with van der Waals surface area (Å²) in [5, 5.41) is 3.78. The van der Waals surface area contributed by atoms with E-state index in [9.17, 15) is 4.79 Å². The molecular formula is C21H23ClN4O. The van der Waals surface area contributed by atoms with E-state index in [1.807, 2.05) is 36.4 Å².